The average molecular weight is 465 g/mol. The van der Waals surface area contributed by atoms with Crippen molar-refractivity contribution in [3.05, 3.63) is 139 Å². The largest absolute Gasteiger partial charge is 0.180 e. The van der Waals surface area contributed by atoms with Crippen molar-refractivity contribution in [2.24, 2.45) is 0 Å². The fourth-order valence-electron chi connectivity index (χ4n) is 5.93. The molecule has 0 N–H and O–H groups in total. The summed E-state index contributed by atoms with van der Waals surface area (Å²) in [5.74, 6) is 0. The number of hydrogen-bond acceptors (Lipinski definition) is 0. The van der Waals surface area contributed by atoms with Gasteiger partial charge >= 0.3 is 0 Å². The highest BCUT2D eigenvalue weighted by Gasteiger charge is 2.49. The van der Waals surface area contributed by atoms with Crippen LogP contribution in [0.3, 0.4) is 0 Å². The Balaban J connectivity index is 1.82. The molecule has 1 aliphatic rings. The van der Waals surface area contributed by atoms with Crippen LogP contribution in [0.25, 0.3) is 28.0 Å². The first kappa shape index (κ1) is 21.6. The molecule has 0 amide bonds. The normalized spacial score (nSPS) is 13.7. The number of fused-ring (bicyclic) bond motifs is 4. The van der Waals surface area contributed by atoms with E-state index in [0.717, 1.165) is 0 Å². The van der Waals surface area contributed by atoms with Gasteiger partial charge in [-0.1, -0.05) is 116 Å². The lowest BCUT2D eigenvalue weighted by Crippen LogP contribution is -2.72. The lowest BCUT2D eigenvalue weighted by molar-refractivity contribution is 1.46. The molecule has 0 unspecified atom stereocenters. The van der Waals surface area contributed by atoms with E-state index in [9.17, 15) is 0 Å². The van der Waals surface area contributed by atoms with Gasteiger partial charge in [0.25, 0.3) is 0 Å². The highest BCUT2D eigenvalue weighted by molar-refractivity contribution is 7.22. The number of rotatable bonds is 4. The number of aryl methyl sites for hydroxylation is 2. The molecule has 0 fully saturated rings. The van der Waals surface area contributed by atoms with E-state index in [1.165, 1.54) is 59.3 Å². The summed E-state index contributed by atoms with van der Waals surface area (Å²) in [6.07, 6.45) is 6.07. The Hall–Kier alpha value is -3.94. The van der Waals surface area contributed by atoms with Gasteiger partial charge in [0.2, 0.25) is 0 Å². The summed E-state index contributed by atoms with van der Waals surface area (Å²) < 4.78 is 0. The van der Waals surface area contributed by atoms with Gasteiger partial charge in [0, 0.05) is 0 Å². The fraction of sp³-hybridized carbons (Fsp3) is 0.0588. The quantitative estimate of drug-likeness (QED) is 0.221. The highest BCUT2D eigenvalue weighted by atomic mass is 28.3. The summed E-state index contributed by atoms with van der Waals surface area (Å²) in [5.41, 5.74) is 6.64. The molecule has 1 heterocycles. The zero-order valence-electron chi connectivity index (χ0n) is 20.3. The summed E-state index contributed by atoms with van der Waals surface area (Å²) in [4.78, 5) is 0. The van der Waals surface area contributed by atoms with Crippen molar-refractivity contribution in [3.63, 3.8) is 0 Å². The molecule has 0 atom stereocenters. The molecule has 168 valence electrons. The molecule has 0 aromatic heterocycles. The highest BCUT2D eigenvalue weighted by Crippen LogP contribution is 2.34. The Labute approximate surface area is 208 Å². The minimum absolute atomic E-state index is 1.26. The van der Waals surface area contributed by atoms with Crippen LogP contribution >= 0.6 is 0 Å². The molecular weight excluding hydrogens is 436 g/mol. The van der Waals surface area contributed by atoms with E-state index in [1.54, 1.807) is 0 Å². The van der Waals surface area contributed by atoms with Crippen molar-refractivity contribution < 1.29 is 0 Å². The Morgan fingerprint density at radius 3 is 1.91 bits per heavy atom. The summed E-state index contributed by atoms with van der Waals surface area (Å²) >= 11 is 0. The third-order valence-corrected chi connectivity index (χ3v) is 12.4. The van der Waals surface area contributed by atoms with Crippen LogP contribution in [-0.2, 0) is 0 Å². The van der Waals surface area contributed by atoms with Crippen molar-refractivity contribution in [1.82, 2.24) is 0 Å². The van der Waals surface area contributed by atoms with Crippen molar-refractivity contribution in [2.45, 2.75) is 13.8 Å². The SMILES string of the molecule is C=C/C=C\c1cc2c(cc1C)[Si](c1ccccc1)(c1ccccc1)c1cc3cccc(C)c3cc1-2. The van der Waals surface area contributed by atoms with E-state index in [4.69, 9.17) is 0 Å². The molecule has 0 saturated carbocycles. The summed E-state index contributed by atoms with van der Waals surface area (Å²) in [5, 5.41) is 8.52. The van der Waals surface area contributed by atoms with Crippen LogP contribution in [0, 0.1) is 13.8 Å². The minimum Gasteiger partial charge on any atom is -0.0991 e. The maximum absolute atomic E-state index is 3.88. The lowest BCUT2D eigenvalue weighted by Gasteiger charge is -2.31. The molecule has 0 saturated heterocycles. The van der Waals surface area contributed by atoms with Crippen molar-refractivity contribution in [1.29, 1.82) is 0 Å². The fourth-order valence-corrected chi connectivity index (χ4v) is 11.2. The van der Waals surface area contributed by atoms with Crippen molar-refractivity contribution in [3.8, 4) is 11.1 Å². The zero-order chi connectivity index (χ0) is 24.0. The van der Waals surface area contributed by atoms with Gasteiger partial charge < -0.3 is 0 Å². The van der Waals surface area contributed by atoms with E-state index >= 15 is 0 Å². The molecule has 0 aliphatic carbocycles. The van der Waals surface area contributed by atoms with Crippen LogP contribution in [-0.4, -0.2) is 8.07 Å². The topological polar surface area (TPSA) is 0 Å². The standard InChI is InChI=1S/C34H28Si/c1-4-5-14-26-21-31-32-23-30-24(2)13-12-15-27(30)22-34(32)35(33(31)20-25(26)3,28-16-8-6-9-17-28)29-18-10-7-11-19-29/h4-23H,1H2,2-3H3/b14-5-. The Morgan fingerprint density at radius 2 is 1.26 bits per heavy atom. The van der Waals surface area contributed by atoms with Gasteiger partial charge in [-0.25, -0.2) is 0 Å². The van der Waals surface area contributed by atoms with Crippen LogP contribution in [0.4, 0.5) is 0 Å². The first-order valence-electron chi connectivity index (χ1n) is 12.2. The third kappa shape index (κ3) is 3.19. The molecule has 1 aliphatic heterocycles. The molecule has 5 aromatic rings. The summed E-state index contributed by atoms with van der Waals surface area (Å²) in [6.45, 7) is 8.34. The van der Waals surface area contributed by atoms with Crippen LogP contribution < -0.4 is 20.7 Å². The zero-order valence-corrected chi connectivity index (χ0v) is 21.3. The second kappa shape index (κ2) is 8.37. The monoisotopic (exact) mass is 464 g/mol. The minimum atomic E-state index is -2.49. The maximum Gasteiger partial charge on any atom is 0.180 e. The van der Waals surface area contributed by atoms with Crippen molar-refractivity contribution in [2.75, 3.05) is 0 Å². The van der Waals surface area contributed by atoms with Gasteiger partial charge in [-0.15, -0.1) is 0 Å². The van der Waals surface area contributed by atoms with E-state index in [-0.39, 0.29) is 0 Å². The average Bonchev–Trinajstić information content (AvgIpc) is 3.16. The summed E-state index contributed by atoms with van der Waals surface area (Å²) in [6, 6.07) is 38.9. The molecule has 6 rings (SSSR count). The Bertz CT molecular complexity index is 1570. The van der Waals surface area contributed by atoms with E-state index in [2.05, 4.69) is 130 Å². The van der Waals surface area contributed by atoms with Crippen LogP contribution in [0.1, 0.15) is 16.7 Å². The Kier molecular flexibility index (Phi) is 5.16. The predicted molar refractivity (Wildman–Crippen MR) is 155 cm³/mol. The van der Waals surface area contributed by atoms with Crippen LogP contribution in [0.5, 0.6) is 0 Å². The van der Waals surface area contributed by atoms with Gasteiger partial charge in [0.05, 0.1) is 0 Å². The predicted octanol–water partition coefficient (Wildman–Crippen LogP) is 6.01. The van der Waals surface area contributed by atoms with Crippen molar-refractivity contribution >= 4 is 45.7 Å². The molecule has 0 bridgehead atoms. The molecule has 0 spiro atoms. The molecule has 0 radical (unpaired) electrons. The number of hydrogen-bond donors (Lipinski definition) is 0. The number of allylic oxidation sites excluding steroid dienone is 2. The van der Waals surface area contributed by atoms with Gasteiger partial charge in [-0.2, -0.15) is 0 Å². The lowest BCUT2D eigenvalue weighted by atomic mass is 9.96. The number of benzene rings is 5. The van der Waals surface area contributed by atoms with Crippen LogP contribution in [0.2, 0.25) is 0 Å². The third-order valence-electron chi connectivity index (χ3n) is 7.57. The summed E-state index contributed by atoms with van der Waals surface area (Å²) in [7, 11) is -2.49. The second-order valence-electron chi connectivity index (χ2n) is 9.53. The molecule has 35 heavy (non-hydrogen) atoms. The first-order chi connectivity index (χ1) is 17.1. The van der Waals surface area contributed by atoms with E-state index in [0.29, 0.717) is 0 Å². The Morgan fingerprint density at radius 1 is 0.629 bits per heavy atom. The second-order valence-corrected chi connectivity index (χ2v) is 13.3. The van der Waals surface area contributed by atoms with E-state index < -0.39 is 8.07 Å². The maximum atomic E-state index is 3.88. The molecule has 5 aromatic carbocycles. The molecule has 0 nitrogen and oxygen atoms in total. The van der Waals surface area contributed by atoms with E-state index in [1.807, 2.05) is 12.2 Å². The molecular formula is C34H28Si. The van der Waals surface area contributed by atoms with Gasteiger partial charge in [-0.05, 0) is 85.3 Å². The smallest absolute Gasteiger partial charge is 0.0991 e. The van der Waals surface area contributed by atoms with Gasteiger partial charge in [0.1, 0.15) is 0 Å². The van der Waals surface area contributed by atoms with Gasteiger partial charge in [-0.3, -0.25) is 0 Å². The molecule has 1 heteroatoms. The van der Waals surface area contributed by atoms with Crippen LogP contribution in [0.15, 0.2) is 122 Å². The first-order valence-corrected chi connectivity index (χ1v) is 14.2. The van der Waals surface area contributed by atoms with Gasteiger partial charge in [0.15, 0.2) is 8.07 Å².